The van der Waals surface area contributed by atoms with Crippen LogP contribution in [0.2, 0.25) is 0 Å². The summed E-state index contributed by atoms with van der Waals surface area (Å²) in [4.78, 5) is 2.34. The Morgan fingerprint density at radius 1 is 1.42 bits per heavy atom. The van der Waals surface area contributed by atoms with Gasteiger partial charge in [-0.2, -0.15) is 0 Å². The molecule has 0 aromatic heterocycles. The van der Waals surface area contributed by atoms with Crippen molar-refractivity contribution in [2.45, 2.75) is 32.2 Å². The fraction of sp³-hybridized carbons (Fsp3) is 0.412. The standard InChI is InChI=1S/C17H24FN/c1-13-6-9-17(12-13)19(5)11-10-15(3)14(2)7-8-16(4)18/h7-8,12,17H,2-4,6,9-11H2,1,5H3/b8-7-. The van der Waals surface area contributed by atoms with Gasteiger partial charge >= 0.3 is 0 Å². The van der Waals surface area contributed by atoms with Gasteiger partial charge < -0.3 is 0 Å². The molecule has 19 heavy (non-hydrogen) atoms. The van der Waals surface area contributed by atoms with Crippen LogP contribution in [-0.4, -0.2) is 24.5 Å². The average Bonchev–Trinajstić information content (AvgIpc) is 2.79. The molecule has 1 unspecified atom stereocenters. The highest BCUT2D eigenvalue weighted by molar-refractivity contribution is 5.37. The molecule has 1 aliphatic carbocycles. The van der Waals surface area contributed by atoms with Crippen LogP contribution in [0.4, 0.5) is 4.39 Å². The topological polar surface area (TPSA) is 3.24 Å². The van der Waals surface area contributed by atoms with Gasteiger partial charge in [0, 0.05) is 12.6 Å². The van der Waals surface area contributed by atoms with E-state index in [9.17, 15) is 4.39 Å². The van der Waals surface area contributed by atoms with Gasteiger partial charge in [0.25, 0.3) is 0 Å². The van der Waals surface area contributed by atoms with Gasteiger partial charge in [-0.15, -0.1) is 0 Å². The summed E-state index contributed by atoms with van der Waals surface area (Å²) in [5.41, 5.74) is 3.19. The predicted molar refractivity (Wildman–Crippen MR) is 81.7 cm³/mol. The molecule has 0 bridgehead atoms. The van der Waals surface area contributed by atoms with Gasteiger partial charge in [0.2, 0.25) is 0 Å². The van der Waals surface area contributed by atoms with E-state index in [1.54, 1.807) is 6.08 Å². The molecule has 0 aliphatic heterocycles. The first kappa shape index (κ1) is 15.6. The highest BCUT2D eigenvalue weighted by Crippen LogP contribution is 2.22. The number of likely N-dealkylation sites (N-methyl/N-ethyl adjacent to an activating group) is 1. The first-order chi connectivity index (χ1) is 8.90. The lowest BCUT2D eigenvalue weighted by molar-refractivity contribution is 0.283. The zero-order chi connectivity index (χ0) is 14.4. The highest BCUT2D eigenvalue weighted by atomic mass is 19.1. The Balaban J connectivity index is 2.38. The minimum Gasteiger partial charge on any atom is -0.300 e. The van der Waals surface area contributed by atoms with Crippen LogP contribution in [0.25, 0.3) is 0 Å². The Morgan fingerprint density at radius 2 is 2.11 bits per heavy atom. The van der Waals surface area contributed by atoms with Crippen molar-refractivity contribution in [2.75, 3.05) is 13.6 Å². The molecule has 0 saturated heterocycles. The lowest BCUT2D eigenvalue weighted by Gasteiger charge is -2.23. The molecule has 0 heterocycles. The third-order valence-corrected chi connectivity index (χ3v) is 3.56. The van der Waals surface area contributed by atoms with Gasteiger partial charge in [-0.25, -0.2) is 4.39 Å². The highest BCUT2D eigenvalue weighted by Gasteiger charge is 2.17. The second kappa shape index (κ2) is 7.25. The Labute approximate surface area is 116 Å². The average molecular weight is 261 g/mol. The molecule has 0 saturated carbocycles. The van der Waals surface area contributed by atoms with Gasteiger partial charge in [0.05, 0.1) is 0 Å². The van der Waals surface area contributed by atoms with Crippen LogP contribution >= 0.6 is 0 Å². The molecule has 0 fully saturated rings. The van der Waals surface area contributed by atoms with Crippen LogP contribution in [0, 0.1) is 0 Å². The summed E-state index contributed by atoms with van der Waals surface area (Å²) in [5.74, 6) is -0.461. The van der Waals surface area contributed by atoms with Crippen molar-refractivity contribution in [3.63, 3.8) is 0 Å². The molecule has 1 atom stereocenters. The Bertz CT molecular complexity index is 429. The summed E-state index contributed by atoms with van der Waals surface area (Å²) in [6.07, 6.45) is 8.54. The van der Waals surface area contributed by atoms with E-state index in [4.69, 9.17) is 0 Å². The van der Waals surface area contributed by atoms with Crippen LogP contribution in [0.3, 0.4) is 0 Å². The summed E-state index contributed by atoms with van der Waals surface area (Å²) in [7, 11) is 2.13. The summed E-state index contributed by atoms with van der Waals surface area (Å²) in [6.45, 7) is 14.2. The predicted octanol–water partition coefficient (Wildman–Crippen LogP) is 4.57. The minimum absolute atomic E-state index is 0.461. The molecule has 0 N–H and O–H groups in total. The van der Waals surface area contributed by atoms with Crippen molar-refractivity contribution in [1.82, 2.24) is 4.90 Å². The van der Waals surface area contributed by atoms with Crippen LogP contribution < -0.4 is 0 Å². The van der Waals surface area contributed by atoms with E-state index in [0.29, 0.717) is 6.04 Å². The molecule has 2 heteroatoms. The van der Waals surface area contributed by atoms with Gasteiger partial charge in [-0.3, -0.25) is 4.90 Å². The van der Waals surface area contributed by atoms with Crippen molar-refractivity contribution in [1.29, 1.82) is 0 Å². The molecule has 0 radical (unpaired) electrons. The number of hydrogen-bond donors (Lipinski definition) is 0. The molecule has 0 amide bonds. The fourth-order valence-corrected chi connectivity index (χ4v) is 2.16. The lowest BCUT2D eigenvalue weighted by atomic mass is 10.1. The number of nitrogens with zero attached hydrogens (tertiary/aromatic N) is 1. The third-order valence-electron chi connectivity index (χ3n) is 3.56. The van der Waals surface area contributed by atoms with Crippen molar-refractivity contribution in [2.24, 2.45) is 0 Å². The van der Waals surface area contributed by atoms with E-state index >= 15 is 0 Å². The molecular weight excluding hydrogens is 237 g/mol. The zero-order valence-electron chi connectivity index (χ0n) is 12.1. The van der Waals surface area contributed by atoms with E-state index in [0.717, 1.165) is 24.1 Å². The SMILES string of the molecule is C=C(F)/C=C\C(=C)C(=C)CCN(C)C1C=C(C)CC1. The van der Waals surface area contributed by atoms with E-state index < -0.39 is 5.83 Å². The number of halogens is 1. The maximum Gasteiger partial charge on any atom is 0.116 e. The Morgan fingerprint density at radius 3 is 2.63 bits per heavy atom. The van der Waals surface area contributed by atoms with Crippen LogP contribution in [0.15, 0.2) is 60.5 Å². The summed E-state index contributed by atoms with van der Waals surface area (Å²) in [5, 5.41) is 0. The minimum atomic E-state index is -0.461. The Kier molecular flexibility index (Phi) is 5.97. The van der Waals surface area contributed by atoms with E-state index in [-0.39, 0.29) is 0 Å². The first-order valence-electron chi connectivity index (χ1n) is 6.67. The molecule has 1 nitrogen and oxygen atoms in total. The van der Waals surface area contributed by atoms with Crippen LogP contribution in [0.1, 0.15) is 26.2 Å². The summed E-state index contributed by atoms with van der Waals surface area (Å²) in [6, 6.07) is 0.544. The summed E-state index contributed by atoms with van der Waals surface area (Å²) >= 11 is 0. The van der Waals surface area contributed by atoms with E-state index in [2.05, 4.69) is 44.7 Å². The Hall–Kier alpha value is -1.41. The second-order valence-electron chi connectivity index (χ2n) is 5.26. The van der Waals surface area contributed by atoms with Gasteiger partial charge in [-0.05, 0) is 50.5 Å². The molecule has 1 aliphatic rings. The van der Waals surface area contributed by atoms with Crippen molar-refractivity contribution in [3.05, 3.63) is 60.5 Å². The maximum atomic E-state index is 12.5. The smallest absolute Gasteiger partial charge is 0.116 e. The monoisotopic (exact) mass is 261 g/mol. The molecular formula is C17H24FN. The lowest BCUT2D eigenvalue weighted by Crippen LogP contribution is -2.29. The second-order valence-corrected chi connectivity index (χ2v) is 5.26. The zero-order valence-corrected chi connectivity index (χ0v) is 12.1. The largest absolute Gasteiger partial charge is 0.300 e. The van der Waals surface area contributed by atoms with Crippen molar-refractivity contribution < 1.29 is 4.39 Å². The number of allylic oxidation sites excluding steroid dienone is 5. The molecule has 0 aromatic rings. The number of rotatable bonds is 7. The fourth-order valence-electron chi connectivity index (χ4n) is 2.16. The molecule has 0 aromatic carbocycles. The molecule has 104 valence electrons. The number of hydrogen-bond acceptors (Lipinski definition) is 1. The van der Waals surface area contributed by atoms with Crippen LogP contribution in [-0.2, 0) is 0 Å². The normalized spacial score (nSPS) is 18.9. The van der Waals surface area contributed by atoms with Gasteiger partial charge in [-0.1, -0.05) is 37.5 Å². The van der Waals surface area contributed by atoms with E-state index in [1.807, 2.05) is 0 Å². The maximum absolute atomic E-state index is 12.5. The summed E-state index contributed by atoms with van der Waals surface area (Å²) < 4.78 is 12.5. The quantitative estimate of drug-likeness (QED) is 0.479. The van der Waals surface area contributed by atoms with E-state index in [1.165, 1.54) is 24.5 Å². The first-order valence-corrected chi connectivity index (χ1v) is 6.67. The van der Waals surface area contributed by atoms with Crippen molar-refractivity contribution >= 4 is 0 Å². The molecule has 0 spiro atoms. The van der Waals surface area contributed by atoms with Gasteiger partial charge in [0.15, 0.2) is 0 Å². The molecule has 1 rings (SSSR count). The van der Waals surface area contributed by atoms with Crippen molar-refractivity contribution in [3.8, 4) is 0 Å². The third kappa shape index (κ3) is 5.39. The van der Waals surface area contributed by atoms with Gasteiger partial charge in [0.1, 0.15) is 5.83 Å². The van der Waals surface area contributed by atoms with Crippen LogP contribution in [0.5, 0.6) is 0 Å².